The molecular weight excluding hydrogens is 252 g/mol. The summed E-state index contributed by atoms with van der Waals surface area (Å²) in [5.74, 6) is -0.338. The summed E-state index contributed by atoms with van der Waals surface area (Å²) in [6.45, 7) is 3.34. The number of sulfonamides is 1. The van der Waals surface area contributed by atoms with E-state index in [0.29, 0.717) is 6.42 Å². The van der Waals surface area contributed by atoms with Gasteiger partial charge in [-0.3, -0.25) is 9.78 Å². The first-order valence-electron chi connectivity index (χ1n) is 5.80. The number of carbonyl (C=O) groups excluding carboxylic acids is 1. The predicted octanol–water partition coefficient (Wildman–Crippen LogP) is 0.769. The first-order valence-corrected chi connectivity index (χ1v) is 7.46. The molecule has 0 amide bonds. The van der Waals surface area contributed by atoms with Crippen molar-refractivity contribution >= 4 is 15.8 Å². The molecule has 0 radical (unpaired) electrons. The Kier molecular flexibility index (Phi) is 5.43. The predicted molar refractivity (Wildman–Crippen MR) is 69.6 cm³/mol. The first-order chi connectivity index (χ1) is 8.41. The molecule has 100 valence electrons. The number of nitrogens with zero attached hydrogens (tertiary/aromatic N) is 1. The molecule has 0 saturated carbocycles. The Hall–Kier alpha value is -1.27. The number of Topliss-reactive ketones (excluding diaryl/α,β-unsaturated/α-hetero) is 1. The number of carbonyl (C=O) groups is 1. The molecule has 0 atom stereocenters. The molecule has 0 spiro atoms. The zero-order valence-corrected chi connectivity index (χ0v) is 11.4. The van der Waals surface area contributed by atoms with Crippen molar-refractivity contribution in [2.45, 2.75) is 20.3 Å². The van der Waals surface area contributed by atoms with Crippen LogP contribution in [-0.2, 0) is 21.2 Å². The minimum atomic E-state index is -3.42. The molecule has 0 bridgehead atoms. The molecule has 0 unspecified atom stereocenters. The summed E-state index contributed by atoms with van der Waals surface area (Å²) in [6, 6.07) is 5.36. The summed E-state index contributed by atoms with van der Waals surface area (Å²) in [4.78, 5) is 15.4. The van der Waals surface area contributed by atoms with Gasteiger partial charge in [-0.15, -0.1) is 0 Å². The zero-order valence-electron chi connectivity index (χ0n) is 10.6. The second-order valence-electron chi connectivity index (χ2n) is 4.33. The summed E-state index contributed by atoms with van der Waals surface area (Å²) < 4.78 is 25.6. The Morgan fingerprint density at radius 3 is 2.67 bits per heavy atom. The molecule has 1 aromatic rings. The summed E-state index contributed by atoms with van der Waals surface area (Å²) >= 11 is 0. The van der Waals surface area contributed by atoms with E-state index in [9.17, 15) is 13.2 Å². The van der Waals surface area contributed by atoms with Crippen LogP contribution >= 0.6 is 0 Å². The van der Waals surface area contributed by atoms with Crippen LogP contribution in [0.15, 0.2) is 24.4 Å². The Labute approximate surface area is 108 Å². The van der Waals surface area contributed by atoms with Crippen molar-refractivity contribution < 1.29 is 13.2 Å². The molecular formula is C12H18N2O3S. The molecule has 0 fully saturated rings. The normalized spacial score (nSPS) is 11.7. The van der Waals surface area contributed by atoms with Crippen molar-refractivity contribution in [1.82, 2.24) is 9.71 Å². The van der Waals surface area contributed by atoms with Crippen LogP contribution in [0.4, 0.5) is 0 Å². The van der Waals surface area contributed by atoms with Crippen LogP contribution in [-0.4, -0.2) is 31.5 Å². The molecule has 18 heavy (non-hydrogen) atoms. The van der Waals surface area contributed by atoms with Crippen LogP contribution in [0.5, 0.6) is 0 Å². The van der Waals surface area contributed by atoms with Gasteiger partial charge in [0, 0.05) is 24.2 Å². The molecule has 0 aliphatic carbocycles. The zero-order chi connectivity index (χ0) is 13.6. The Morgan fingerprint density at radius 2 is 2.11 bits per heavy atom. The molecule has 0 aromatic carbocycles. The average Bonchev–Trinajstić information content (AvgIpc) is 2.35. The van der Waals surface area contributed by atoms with E-state index in [0.717, 1.165) is 5.69 Å². The number of nitrogens with one attached hydrogen (secondary N) is 1. The molecule has 0 saturated heterocycles. The smallest absolute Gasteiger partial charge is 0.212 e. The monoisotopic (exact) mass is 270 g/mol. The van der Waals surface area contributed by atoms with Crippen molar-refractivity contribution in [3.63, 3.8) is 0 Å². The van der Waals surface area contributed by atoms with Gasteiger partial charge in [0.25, 0.3) is 0 Å². The minimum Gasteiger partial charge on any atom is -0.298 e. The third-order valence-electron chi connectivity index (χ3n) is 2.46. The second-order valence-corrected chi connectivity index (χ2v) is 6.26. The Bertz CT molecular complexity index is 483. The highest BCUT2D eigenvalue weighted by Gasteiger charge is 2.14. The van der Waals surface area contributed by atoms with E-state index < -0.39 is 10.0 Å². The number of rotatable bonds is 7. The van der Waals surface area contributed by atoms with Gasteiger partial charge in [-0.2, -0.15) is 0 Å². The van der Waals surface area contributed by atoms with Crippen LogP contribution in [0.3, 0.4) is 0 Å². The van der Waals surface area contributed by atoms with E-state index in [4.69, 9.17) is 0 Å². The van der Waals surface area contributed by atoms with Crippen LogP contribution in [0.2, 0.25) is 0 Å². The lowest BCUT2D eigenvalue weighted by molar-refractivity contribution is -0.120. The number of pyridine rings is 1. The lowest BCUT2D eigenvalue weighted by Gasteiger charge is -2.07. The SMILES string of the molecule is CC(C)C(=O)CNS(=O)(=O)CCc1ccccn1. The van der Waals surface area contributed by atoms with Gasteiger partial charge in [0.2, 0.25) is 10.0 Å². The number of hydrogen-bond donors (Lipinski definition) is 1. The molecule has 5 nitrogen and oxygen atoms in total. The highest BCUT2D eigenvalue weighted by Crippen LogP contribution is 1.98. The van der Waals surface area contributed by atoms with Crippen molar-refractivity contribution in [1.29, 1.82) is 0 Å². The second kappa shape index (κ2) is 6.61. The van der Waals surface area contributed by atoms with Gasteiger partial charge >= 0.3 is 0 Å². The van der Waals surface area contributed by atoms with Crippen molar-refractivity contribution in [2.75, 3.05) is 12.3 Å². The van der Waals surface area contributed by atoms with Gasteiger partial charge in [0.15, 0.2) is 0 Å². The van der Waals surface area contributed by atoms with Crippen LogP contribution in [0.1, 0.15) is 19.5 Å². The average molecular weight is 270 g/mol. The number of ketones is 1. The van der Waals surface area contributed by atoms with E-state index >= 15 is 0 Å². The molecule has 1 aromatic heterocycles. The third-order valence-corrected chi connectivity index (χ3v) is 3.79. The van der Waals surface area contributed by atoms with E-state index in [1.807, 2.05) is 6.07 Å². The molecule has 0 aliphatic heterocycles. The fourth-order valence-electron chi connectivity index (χ4n) is 1.24. The van der Waals surface area contributed by atoms with Gasteiger partial charge in [-0.05, 0) is 12.1 Å². The third kappa shape index (κ3) is 5.37. The molecule has 0 aliphatic rings. The number of aryl methyl sites for hydroxylation is 1. The summed E-state index contributed by atoms with van der Waals surface area (Å²) in [5.41, 5.74) is 0.720. The summed E-state index contributed by atoms with van der Waals surface area (Å²) in [7, 11) is -3.42. The lowest BCUT2D eigenvalue weighted by atomic mass is 10.1. The maximum absolute atomic E-state index is 11.6. The Balaban J connectivity index is 2.43. The molecule has 1 rings (SSSR count). The molecule has 1 N–H and O–H groups in total. The largest absolute Gasteiger partial charge is 0.298 e. The standard InChI is InChI=1S/C12H18N2O3S/c1-10(2)12(15)9-14-18(16,17)8-6-11-5-3-4-7-13-11/h3-5,7,10,14H,6,8-9H2,1-2H3. The quantitative estimate of drug-likeness (QED) is 0.794. The van der Waals surface area contributed by atoms with Crippen LogP contribution < -0.4 is 4.72 Å². The van der Waals surface area contributed by atoms with E-state index in [1.165, 1.54) is 0 Å². The first kappa shape index (κ1) is 14.8. The number of aromatic nitrogens is 1. The van der Waals surface area contributed by atoms with Gasteiger partial charge < -0.3 is 0 Å². The van der Waals surface area contributed by atoms with Gasteiger partial charge in [-0.1, -0.05) is 19.9 Å². The van der Waals surface area contributed by atoms with Crippen molar-refractivity contribution in [2.24, 2.45) is 5.92 Å². The fourth-order valence-corrected chi connectivity index (χ4v) is 2.23. The van der Waals surface area contributed by atoms with Crippen LogP contribution in [0.25, 0.3) is 0 Å². The lowest BCUT2D eigenvalue weighted by Crippen LogP contribution is -2.33. The van der Waals surface area contributed by atoms with Gasteiger partial charge in [0.05, 0.1) is 12.3 Å². The highest BCUT2D eigenvalue weighted by molar-refractivity contribution is 7.89. The summed E-state index contributed by atoms with van der Waals surface area (Å²) in [6.07, 6.45) is 1.96. The van der Waals surface area contributed by atoms with Gasteiger partial charge in [0.1, 0.15) is 5.78 Å². The fraction of sp³-hybridized carbons (Fsp3) is 0.500. The molecule has 1 heterocycles. The van der Waals surface area contributed by atoms with Crippen molar-refractivity contribution in [3.8, 4) is 0 Å². The highest BCUT2D eigenvalue weighted by atomic mass is 32.2. The minimum absolute atomic E-state index is 0.0601. The van der Waals surface area contributed by atoms with E-state index in [2.05, 4.69) is 9.71 Å². The maximum atomic E-state index is 11.6. The maximum Gasteiger partial charge on any atom is 0.212 e. The summed E-state index contributed by atoms with van der Waals surface area (Å²) in [5, 5.41) is 0. The molecule has 6 heteroatoms. The van der Waals surface area contributed by atoms with Crippen molar-refractivity contribution in [3.05, 3.63) is 30.1 Å². The van der Waals surface area contributed by atoms with Crippen LogP contribution in [0, 0.1) is 5.92 Å². The van der Waals surface area contributed by atoms with E-state index in [1.54, 1.807) is 32.2 Å². The van der Waals surface area contributed by atoms with E-state index in [-0.39, 0.29) is 24.0 Å². The number of hydrogen-bond acceptors (Lipinski definition) is 4. The topological polar surface area (TPSA) is 76.1 Å². The van der Waals surface area contributed by atoms with Gasteiger partial charge in [-0.25, -0.2) is 13.1 Å². The Morgan fingerprint density at radius 1 is 1.39 bits per heavy atom.